The Morgan fingerprint density at radius 3 is 2.37 bits per heavy atom. The maximum atomic E-state index is 11.5. The number of urea groups is 1. The van der Waals surface area contributed by atoms with Crippen LogP contribution in [0.3, 0.4) is 0 Å². The topological polar surface area (TPSA) is 41.1 Å². The predicted octanol–water partition coefficient (Wildman–Crippen LogP) is 3.85. The number of amides is 2. The van der Waals surface area contributed by atoms with Crippen molar-refractivity contribution in [1.29, 1.82) is 0 Å². The minimum Gasteiger partial charge on any atom is -0.338 e. The Morgan fingerprint density at radius 1 is 0.947 bits per heavy atom. The zero-order valence-corrected chi connectivity index (χ0v) is 12.0. The third-order valence-electron chi connectivity index (χ3n) is 3.11. The van der Waals surface area contributed by atoms with Gasteiger partial charge in [-0.1, -0.05) is 69.4 Å². The smallest absolute Gasteiger partial charge is 0.315 e. The van der Waals surface area contributed by atoms with Gasteiger partial charge in [-0.3, -0.25) is 0 Å². The normalized spacial score (nSPS) is 10.2. The predicted molar refractivity (Wildman–Crippen MR) is 80.1 cm³/mol. The molecule has 0 spiro atoms. The van der Waals surface area contributed by atoms with Crippen molar-refractivity contribution in [2.45, 2.75) is 52.0 Å². The van der Waals surface area contributed by atoms with Crippen molar-refractivity contribution in [3.05, 3.63) is 35.9 Å². The van der Waals surface area contributed by atoms with Crippen LogP contribution in [-0.2, 0) is 6.54 Å². The monoisotopic (exact) mass is 262 g/mol. The summed E-state index contributed by atoms with van der Waals surface area (Å²) < 4.78 is 0. The molecule has 0 atom stereocenters. The average Bonchev–Trinajstić information content (AvgIpc) is 2.45. The average molecular weight is 262 g/mol. The highest BCUT2D eigenvalue weighted by molar-refractivity contribution is 5.73. The van der Waals surface area contributed by atoms with Crippen molar-refractivity contribution in [3.8, 4) is 0 Å². The fourth-order valence-corrected chi connectivity index (χ4v) is 1.95. The van der Waals surface area contributed by atoms with E-state index in [2.05, 4.69) is 17.6 Å². The van der Waals surface area contributed by atoms with Crippen LogP contribution in [0.25, 0.3) is 0 Å². The van der Waals surface area contributed by atoms with Crippen molar-refractivity contribution in [1.82, 2.24) is 10.6 Å². The quantitative estimate of drug-likeness (QED) is 0.652. The summed E-state index contributed by atoms with van der Waals surface area (Å²) in [5, 5.41) is 5.75. The Labute approximate surface area is 116 Å². The maximum Gasteiger partial charge on any atom is 0.315 e. The Morgan fingerprint density at radius 2 is 1.63 bits per heavy atom. The number of carbonyl (C=O) groups excluding carboxylic acids is 1. The molecule has 19 heavy (non-hydrogen) atoms. The number of hydrogen-bond acceptors (Lipinski definition) is 1. The van der Waals surface area contributed by atoms with Crippen molar-refractivity contribution in [2.75, 3.05) is 6.54 Å². The molecule has 0 aliphatic carbocycles. The molecule has 0 bridgehead atoms. The summed E-state index contributed by atoms with van der Waals surface area (Å²) in [7, 11) is 0. The summed E-state index contributed by atoms with van der Waals surface area (Å²) in [6, 6.07) is 9.87. The fourth-order valence-electron chi connectivity index (χ4n) is 1.95. The van der Waals surface area contributed by atoms with Crippen molar-refractivity contribution in [3.63, 3.8) is 0 Å². The Balaban J connectivity index is 1.96. The SMILES string of the molecule is CCCCCCCCNC(=O)NCc1ccccc1. The Bertz CT molecular complexity index is 338. The lowest BCUT2D eigenvalue weighted by molar-refractivity contribution is 0.240. The van der Waals surface area contributed by atoms with Gasteiger partial charge in [-0.05, 0) is 12.0 Å². The van der Waals surface area contributed by atoms with Crippen LogP contribution >= 0.6 is 0 Å². The van der Waals surface area contributed by atoms with Gasteiger partial charge in [0.15, 0.2) is 0 Å². The lowest BCUT2D eigenvalue weighted by Crippen LogP contribution is -2.35. The van der Waals surface area contributed by atoms with E-state index in [0.29, 0.717) is 6.54 Å². The summed E-state index contributed by atoms with van der Waals surface area (Å²) >= 11 is 0. The van der Waals surface area contributed by atoms with Crippen LogP contribution < -0.4 is 10.6 Å². The van der Waals surface area contributed by atoms with Gasteiger partial charge in [-0.15, -0.1) is 0 Å². The molecular formula is C16H26N2O. The molecule has 3 nitrogen and oxygen atoms in total. The summed E-state index contributed by atoms with van der Waals surface area (Å²) in [6.45, 7) is 3.58. The number of carbonyl (C=O) groups is 1. The fraction of sp³-hybridized carbons (Fsp3) is 0.562. The molecule has 1 rings (SSSR count). The number of hydrogen-bond donors (Lipinski definition) is 2. The molecule has 2 amide bonds. The molecule has 0 saturated heterocycles. The van der Waals surface area contributed by atoms with Gasteiger partial charge in [-0.25, -0.2) is 4.79 Å². The molecule has 0 radical (unpaired) electrons. The summed E-state index contributed by atoms with van der Waals surface area (Å²) in [4.78, 5) is 11.5. The van der Waals surface area contributed by atoms with E-state index in [-0.39, 0.29) is 6.03 Å². The van der Waals surface area contributed by atoms with Crippen LogP contribution in [0.2, 0.25) is 0 Å². The molecule has 1 aromatic carbocycles. The molecule has 3 heteroatoms. The maximum absolute atomic E-state index is 11.5. The van der Waals surface area contributed by atoms with Crippen LogP contribution in [0.4, 0.5) is 4.79 Å². The summed E-state index contributed by atoms with van der Waals surface area (Å²) in [6.07, 6.45) is 7.48. The molecule has 0 unspecified atom stereocenters. The molecule has 0 aliphatic heterocycles. The van der Waals surface area contributed by atoms with E-state index < -0.39 is 0 Å². The molecule has 0 heterocycles. The van der Waals surface area contributed by atoms with Crippen molar-refractivity contribution >= 4 is 6.03 Å². The second kappa shape index (κ2) is 10.4. The van der Waals surface area contributed by atoms with E-state index >= 15 is 0 Å². The first-order valence-electron chi connectivity index (χ1n) is 7.38. The Hall–Kier alpha value is -1.51. The first kappa shape index (κ1) is 15.5. The van der Waals surface area contributed by atoms with Crippen LogP contribution in [0.15, 0.2) is 30.3 Å². The molecule has 0 aliphatic rings. The van der Waals surface area contributed by atoms with Gasteiger partial charge in [0.05, 0.1) is 0 Å². The molecule has 2 N–H and O–H groups in total. The highest BCUT2D eigenvalue weighted by Gasteiger charge is 1.99. The number of unbranched alkanes of at least 4 members (excludes halogenated alkanes) is 5. The second-order valence-corrected chi connectivity index (χ2v) is 4.86. The molecule has 0 aromatic heterocycles. The molecule has 1 aromatic rings. The van der Waals surface area contributed by atoms with Gasteiger partial charge < -0.3 is 10.6 Å². The van der Waals surface area contributed by atoms with Crippen LogP contribution in [-0.4, -0.2) is 12.6 Å². The van der Waals surface area contributed by atoms with E-state index in [9.17, 15) is 4.79 Å². The van der Waals surface area contributed by atoms with E-state index in [1.54, 1.807) is 0 Å². The lowest BCUT2D eigenvalue weighted by atomic mass is 10.1. The van der Waals surface area contributed by atoms with Crippen LogP contribution in [0.5, 0.6) is 0 Å². The Kier molecular flexibility index (Phi) is 8.52. The third kappa shape index (κ3) is 8.25. The van der Waals surface area contributed by atoms with Gasteiger partial charge in [0, 0.05) is 13.1 Å². The first-order chi connectivity index (χ1) is 9.33. The lowest BCUT2D eigenvalue weighted by Gasteiger charge is -2.07. The van der Waals surface area contributed by atoms with Crippen molar-refractivity contribution < 1.29 is 4.79 Å². The zero-order valence-electron chi connectivity index (χ0n) is 12.0. The second-order valence-electron chi connectivity index (χ2n) is 4.86. The van der Waals surface area contributed by atoms with Gasteiger partial charge >= 0.3 is 6.03 Å². The molecular weight excluding hydrogens is 236 g/mol. The highest BCUT2D eigenvalue weighted by atomic mass is 16.2. The minimum atomic E-state index is -0.0718. The van der Waals surface area contributed by atoms with E-state index in [4.69, 9.17) is 0 Å². The largest absolute Gasteiger partial charge is 0.338 e. The van der Waals surface area contributed by atoms with E-state index in [0.717, 1.165) is 18.5 Å². The molecule has 106 valence electrons. The summed E-state index contributed by atoms with van der Waals surface area (Å²) in [5.41, 5.74) is 1.12. The number of nitrogens with one attached hydrogen (secondary N) is 2. The van der Waals surface area contributed by atoms with Crippen LogP contribution in [0.1, 0.15) is 51.0 Å². The van der Waals surface area contributed by atoms with Gasteiger partial charge in [0.2, 0.25) is 0 Å². The van der Waals surface area contributed by atoms with Crippen LogP contribution in [0, 0.1) is 0 Å². The molecule has 0 saturated carbocycles. The van der Waals surface area contributed by atoms with E-state index in [1.165, 1.54) is 32.1 Å². The summed E-state index contributed by atoms with van der Waals surface area (Å²) in [5.74, 6) is 0. The van der Waals surface area contributed by atoms with Crippen molar-refractivity contribution in [2.24, 2.45) is 0 Å². The minimum absolute atomic E-state index is 0.0718. The van der Waals surface area contributed by atoms with Gasteiger partial charge in [0.1, 0.15) is 0 Å². The standard InChI is InChI=1S/C16H26N2O/c1-2-3-4-5-6-10-13-17-16(19)18-14-15-11-8-7-9-12-15/h7-9,11-12H,2-6,10,13-14H2,1H3,(H2,17,18,19). The van der Waals surface area contributed by atoms with Gasteiger partial charge in [-0.2, -0.15) is 0 Å². The first-order valence-corrected chi connectivity index (χ1v) is 7.38. The number of rotatable bonds is 9. The zero-order chi connectivity index (χ0) is 13.8. The number of benzene rings is 1. The molecule has 0 fully saturated rings. The van der Waals surface area contributed by atoms with E-state index in [1.807, 2.05) is 30.3 Å². The highest BCUT2D eigenvalue weighted by Crippen LogP contribution is 2.04. The third-order valence-corrected chi connectivity index (χ3v) is 3.11. The van der Waals surface area contributed by atoms with Gasteiger partial charge in [0.25, 0.3) is 0 Å².